The highest BCUT2D eigenvalue weighted by atomic mass is 35.5. The Morgan fingerprint density at radius 1 is 1.38 bits per heavy atom. The standard InChI is InChI=1S/C5H9ClNO/c6-5-7-1-3-8-4-2-7/h5H,1-4H2/q+1. The maximum absolute atomic E-state index is 5.43. The smallest absolute Gasteiger partial charge is 0.232 e. The molecule has 1 heterocycles. The molecule has 0 atom stereocenters. The molecule has 0 N–H and O–H groups in total. The van der Waals surface area contributed by atoms with Crippen molar-refractivity contribution in [1.82, 2.24) is 0 Å². The summed E-state index contributed by atoms with van der Waals surface area (Å²) in [7, 11) is 0. The van der Waals surface area contributed by atoms with E-state index in [-0.39, 0.29) is 0 Å². The normalized spacial score (nSPS) is 20.9. The SMILES string of the molecule is ClC=[N+]1CCOCC1. The Hall–Kier alpha value is -0.0800. The van der Waals surface area contributed by atoms with Crippen LogP contribution in [0.15, 0.2) is 0 Å². The van der Waals surface area contributed by atoms with E-state index in [1.54, 1.807) is 5.67 Å². The van der Waals surface area contributed by atoms with Crippen LogP contribution >= 0.6 is 11.6 Å². The highest BCUT2D eigenvalue weighted by Gasteiger charge is 2.08. The fourth-order valence-electron chi connectivity index (χ4n) is 0.675. The molecule has 8 heavy (non-hydrogen) atoms. The van der Waals surface area contributed by atoms with Gasteiger partial charge in [-0.3, -0.25) is 0 Å². The van der Waals surface area contributed by atoms with Crippen LogP contribution in [0.2, 0.25) is 0 Å². The number of hydrogen-bond donors (Lipinski definition) is 0. The summed E-state index contributed by atoms with van der Waals surface area (Å²) in [5.41, 5.74) is 1.59. The monoisotopic (exact) mass is 134 g/mol. The van der Waals surface area contributed by atoms with Crippen LogP contribution in [0, 0.1) is 0 Å². The van der Waals surface area contributed by atoms with Gasteiger partial charge in [0.1, 0.15) is 13.2 Å². The molecular formula is C5H9ClNO+. The van der Waals surface area contributed by atoms with Gasteiger partial charge in [-0.15, -0.1) is 0 Å². The molecule has 1 fully saturated rings. The Balaban J connectivity index is 2.33. The summed E-state index contributed by atoms with van der Waals surface area (Å²) < 4.78 is 7.11. The van der Waals surface area contributed by atoms with Crippen molar-refractivity contribution in [2.45, 2.75) is 0 Å². The molecular weight excluding hydrogens is 126 g/mol. The van der Waals surface area contributed by atoms with Crippen LogP contribution in [0.25, 0.3) is 0 Å². The molecule has 0 saturated carbocycles. The van der Waals surface area contributed by atoms with Crippen LogP contribution in [0.1, 0.15) is 0 Å². The lowest BCUT2D eigenvalue weighted by Crippen LogP contribution is -2.28. The molecule has 0 aliphatic carbocycles. The predicted octanol–water partition coefficient (Wildman–Crippen LogP) is 0.296. The van der Waals surface area contributed by atoms with Crippen molar-refractivity contribution in [1.29, 1.82) is 0 Å². The molecule has 0 bridgehead atoms. The topological polar surface area (TPSA) is 12.2 Å². The molecule has 0 amide bonds. The van der Waals surface area contributed by atoms with Crippen LogP contribution in [0.5, 0.6) is 0 Å². The Morgan fingerprint density at radius 3 is 2.38 bits per heavy atom. The largest absolute Gasteiger partial charge is 0.368 e. The van der Waals surface area contributed by atoms with Crippen LogP contribution in [-0.4, -0.2) is 36.6 Å². The predicted molar refractivity (Wildman–Crippen MR) is 32.7 cm³/mol. The van der Waals surface area contributed by atoms with Crippen LogP contribution < -0.4 is 0 Å². The highest BCUT2D eigenvalue weighted by molar-refractivity contribution is 6.54. The molecule has 0 aromatic heterocycles. The molecule has 0 unspecified atom stereocenters. The molecule has 1 aliphatic rings. The number of ether oxygens (including phenoxy) is 1. The summed E-state index contributed by atoms with van der Waals surface area (Å²) >= 11 is 5.43. The van der Waals surface area contributed by atoms with Gasteiger partial charge in [-0.2, -0.15) is 0 Å². The highest BCUT2D eigenvalue weighted by Crippen LogP contribution is 1.87. The average molecular weight is 135 g/mol. The van der Waals surface area contributed by atoms with Crippen molar-refractivity contribution in [3.05, 3.63) is 0 Å². The zero-order valence-electron chi connectivity index (χ0n) is 4.64. The Kier molecular flexibility index (Phi) is 2.30. The molecule has 2 nitrogen and oxygen atoms in total. The molecule has 0 aromatic carbocycles. The van der Waals surface area contributed by atoms with E-state index in [9.17, 15) is 0 Å². The lowest BCUT2D eigenvalue weighted by Gasteiger charge is -2.08. The van der Waals surface area contributed by atoms with Gasteiger partial charge in [-0.05, 0) is 11.6 Å². The zero-order valence-corrected chi connectivity index (χ0v) is 5.40. The molecule has 0 aromatic rings. The van der Waals surface area contributed by atoms with E-state index in [0.29, 0.717) is 0 Å². The van der Waals surface area contributed by atoms with E-state index in [1.165, 1.54) is 0 Å². The molecule has 1 rings (SSSR count). The van der Waals surface area contributed by atoms with Gasteiger partial charge in [0.15, 0.2) is 13.1 Å². The fourth-order valence-corrected chi connectivity index (χ4v) is 0.870. The van der Waals surface area contributed by atoms with Crippen molar-refractivity contribution >= 4 is 17.3 Å². The first-order valence-corrected chi connectivity index (χ1v) is 3.12. The van der Waals surface area contributed by atoms with E-state index < -0.39 is 0 Å². The van der Waals surface area contributed by atoms with Crippen molar-refractivity contribution < 1.29 is 9.31 Å². The van der Waals surface area contributed by atoms with Gasteiger partial charge in [0.2, 0.25) is 5.67 Å². The maximum Gasteiger partial charge on any atom is 0.232 e. The Bertz CT molecular complexity index is 94.6. The van der Waals surface area contributed by atoms with E-state index in [1.807, 2.05) is 4.58 Å². The third-order valence-corrected chi connectivity index (χ3v) is 1.46. The van der Waals surface area contributed by atoms with Gasteiger partial charge in [0.05, 0.1) is 0 Å². The summed E-state index contributed by atoms with van der Waals surface area (Å²) in [5, 5.41) is 0. The van der Waals surface area contributed by atoms with Crippen LogP contribution in [0.3, 0.4) is 0 Å². The minimum Gasteiger partial charge on any atom is -0.368 e. The number of hydrogen-bond acceptors (Lipinski definition) is 1. The molecule has 0 radical (unpaired) electrons. The summed E-state index contributed by atoms with van der Waals surface area (Å²) in [4.78, 5) is 0. The van der Waals surface area contributed by atoms with Gasteiger partial charge >= 0.3 is 0 Å². The Labute approximate surface area is 53.7 Å². The molecule has 1 saturated heterocycles. The first kappa shape index (κ1) is 6.05. The summed E-state index contributed by atoms with van der Waals surface area (Å²) in [6, 6.07) is 0. The van der Waals surface area contributed by atoms with Gasteiger partial charge in [-0.1, -0.05) is 0 Å². The quantitative estimate of drug-likeness (QED) is 0.434. The van der Waals surface area contributed by atoms with E-state index >= 15 is 0 Å². The minimum atomic E-state index is 0.809. The second-order valence-electron chi connectivity index (χ2n) is 1.75. The number of rotatable bonds is 0. The van der Waals surface area contributed by atoms with E-state index in [0.717, 1.165) is 26.3 Å². The van der Waals surface area contributed by atoms with Gasteiger partial charge in [0.25, 0.3) is 0 Å². The third-order valence-electron chi connectivity index (χ3n) is 1.18. The second-order valence-corrected chi connectivity index (χ2v) is 1.94. The van der Waals surface area contributed by atoms with Crippen molar-refractivity contribution in [2.75, 3.05) is 26.3 Å². The summed E-state index contributed by atoms with van der Waals surface area (Å²) in [5.74, 6) is 0. The molecule has 3 heteroatoms. The summed E-state index contributed by atoms with van der Waals surface area (Å²) in [6.07, 6.45) is 0. The van der Waals surface area contributed by atoms with Crippen LogP contribution in [0.4, 0.5) is 0 Å². The molecule has 0 spiro atoms. The van der Waals surface area contributed by atoms with E-state index in [2.05, 4.69) is 0 Å². The van der Waals surface area contributed by atoms with Gasteiger partial charge in [0, 0.05) is 0 Å². The van der Waals surface area contributed by atoms with Crippen molar-refractivity contribution in [3.63, 3.8) is 0 Å². The molecule has 46 valence electrons. The third kappa shape index (κ3) is 1.46. The lowest BCUT2D eigenvalue weighted by molar-refractivity contribution is -0.543. The van der Waals surface area contributed by atoms with Gasteiger partial charge in [-0.25, -0.2) is 4.58 Å². The maximum atomic E-state index is 5.43. The first-order chi connectivity index (χ1) is 3.93. The average Bonchev–Trinajstić information content (AvgIpc) is 1.90. The number of halogens is 1. The zero-order chi connectivity index (χ0) is 5.82. The summed E-state index contributed by atoms with van der Waals surface area (Å²) in [6.45, 7) is 3.49. The number of nitrogens with zero attached hydrogens (tertiary/aromatic N) is 1. The lowest BCUT2D eigenvalue weighted by atomic mass is 10.5. The number of morpholine rings is 1. The van der Waals surface area contributed by atoms with E-state index in [4.69, 9.17) is 16.3 Å². The van der Waals surface area contributed by atoms with Crippen molar-refractivity contribution in [2.24, 2.45) is 0 Å². The van der Waals surface area contributed by atoms with Crippen LogP contribution in [-0.2, 0) is 4.74 Å². The second kappa shape index (κ2) is 3.05. The van der Waals surface area contributed by atoms with Gasteiger partial charge < -0.3 is 4.74 Å². The minimum absolute atomic E-state index is 0.809. The molecule has 1 aliphatic heterocycles. The first-order valence-electron chi connectivity index (χ1n) is 2.69. The fraction of sp³-hybridized carbons (Fsp3) is 0.800. The Morgan fingerprint density at radius 2 is 2.00 bits per heavy atom. The van der Waals surface area contributed by atoms with Crippen molar-refractivity contribution in [3.8, 4) is 0 Å².